The van der Waals surface area contributed by atoms with Gasteiger partial charge < -0.3 is 29.7 Å². The quantitative estimate of drug-likeness (QED) is 0.249. The Morgan fingerprint density at radius 3 is 2.85 bits per heavy atom. The topological polar surface area (TPSA) is 67.4 Å². The van der Waals surface area contributed by atoms with Crippen molar-refractivity contribution >= 4 is 29.9 Å². The first-order chi connectivity index (χ1) is 12.6. The largest absolute Gasteiger partial charge is 0.491 e. The molecule has 1 aliphatic rings. The van der Waals surface area contributed by atoms with Crippen LogP contribution >= 0.6 is 24.0 Å². The fourth-order valence-corrected chi connectivity index (χ4v) is 2.78. The van der Waals surface area contributed by atoms with Gasteiger partial charge in [-0.1, -0.05) is 12.1 Å². The number of aryl methyl sites for hydroxylation is 1. The molecular weight excluding hydrogens is 459 g/mol. The fraction of sp³-hybridized carbons (Fsp3) is 0.632. The summed E-state index contributed by atoms with van der Waals surface area (Å²) in [5.41, 5.74) is 2.26. The van der Waals surface area contributed by atoms with Gasteiger partial charge in [0.15, 0.2) is 5.96 Å². The Labute approximate surface area is 179 Å². The van der Waals surface area contributed by atoms with E-state index in [1.165, 1.54) is 5.56 Å². The van der Waals surface area contributed by atoms with Gasteiger partial charge >= 0.3 is 0 Å². The lowest BCUT2D eigenvalue weighted by Crippen LogP contribution is -2.48. The van der Waals surface area contributed by atoms with Crippen LogP contribution in [0.15, 0.2) is 23.2 Å². The van der Waals surface area contributed by atoms with Crippen molar-refractivity contribution in [1.82, 2.24) is 15.5 Å². The van der Waals surface area contributed by atoms with Gasteiger partial charge in [-0.15, -0.1) is 24.0 Å². The van der Waals surface area contributed by atoms with Crippen LogP contribution in [0.25, 0.3) is 0 Å². The number of likely N-dealkylation sites (N-methyl/N-ethyl adjacent to an activating group) is 1. The summed E-state index contributed by atoms with van der Waals surface area (Å²) in [6.07, 6.45) is 0.180. The first-order valence-corrected chi connectivity index (χ1v) is 9.08. The second-order valence-corrected chi connectivity index (χ2v) is 6.51. The van der Waals surface area contributed by atoms with Crippen LogP contribution in [0.5, 0.6) is 5.75 Å². The molecule has 0 saturated carbocycles. The fourth-order valence-electron chi connectivity index (χ4n) is 2.78. The number of morpholine rings is 1. The SMILES string of the molecule is CN=C(NCc1ccc(C)cc1OCCOC)NCC1CN(C)CCO1.I. The van der Waals surface area contributed by atoms with E-state index in [4.69, 9.17) is 14.2 Å². The molecule has 0 bridgehead atoms. The van der Waals surface area contributed by atoms with Crippen LogP contribution in [0, 0.1) is 6.92 Å². The van der Waals surface area contributed by atoms with E-state index in [-0.39, 0.29) is 30.1 Å². The molecule has 1 aromatic rings. The smallest absolute Gasteiger partial charge is 0.191 e. The molecule has 1 aliphatic heterocycles. The molecule has 1 heterocycles. The second kappa shape index (κ2) is 13.1. The highest BCUT2D eigenvalue weighted by molar-refractivity contribution is 14.0. The van der Waals surface area contributed by atoms with Crippen molar-refractivity contribution in [3.63, 3.8) is 0 Å². The van der Waals surface area contributed by atoms with Gasteiger partial charge in [-0.2, -0.15) is 0 Å². The minimum Gasteiger partial charge on any atom is -0.491 e. The number of methoxy groups -OCH3 is 1. The van der Waals surface area contributed by atoms with Crippen LogP contribution in [-0.4, -0.2) is 77.6 Å². The summed E-state index contributed by atoms with van der Waals surface area (Å²) in [4.78, 5) is 6.57. The average molecular weight is 492 g/mol. The van der Waals surface area contributed by atoms with Gasteiger partial charge in [-0.3, -0.25) is 4.99 Å². The van der Waals surface area contributed by atoms with Crippen molar-refractivity contribution in [2.75, 3.05) is 60.7 Å². The zero-order valence-electron chi connectivity index (χ0n) is 16.8. The van der Waals surface area contributed by atoms with Gasteiger partial charge in [0.05, 0.1) is 19.3 Å². The number of halogens is 1. The molecule has 0 spiro atoms. The minimum absolute atomic E-state index is 0. The number of ether oxygens (including phenoxy) is 3. The maximum Gasteiger partial charge on any atom is 0.191 e. The van der Waals surface area contributed by atoms with E-state index in [9.17, 15) is 0 Å². The maximum atomic E-state index is 5.84. The van der Waals surface area contributed by atoms with E-state index < -0.39 is 0 Å². The molecule has 27 heavy (non-hydrogen) atoms. The highest BCUT2D eigenvalue weighted by Crippen LogP contribution is 2.20. The van der Waals surface area contributed by atoms with Crippen LogP contribution in [-0.2, 0) is 16.0 Å². The summed E-state index contributed by atoms with van der Waals surface area (Å²) >= 11 is 0. The number of hydrogen-bond acceptors (Lipinski definition) is 5. The third-order valence-electron chi connectivity index (χ3n) is 4.28. The second-order valence-electron chi connectivity index (χ2n) is 6.51. The molecule has 2 N–H and O–H groups in total. The third-order valence-corrected chi connectivity index (χ3v) is 4.28. The van der Waals surface area contributed by atoms with Crippen LogP contribution in [0.1, 0.15) is 11.1 Å². The van der Waals surface area contributed by atoms with Crippen LogP contribution < -0.4 is 15.4 Å². The third kappa shape index (κ3) is 8.63. The maximum absolute atomic E-state index is 5.84. The van der Waals surface area contributed by atoms with Crippen molar-refractivity contribution in [1.29, 1.82) is 0 Å². The van der Waals surface area contributed by atoms with Gasteiger partial charge in [0.25, 0.3) is 0 Å². The molecule has 1 saturated heterocycles. The number of nitrogens with zero attached hydrogens (tertiary/aromatic N) is 2. The van der Waals surface area contributed by atoms with E-state index in [2.05, 4.69) is 52.7 Å². The first kappa shape index (κ1) is 23.9. The molecule has 0 aliphatic carbocycles. The minimum atomic E-state index is 0. The van der Waals surface area contributed by atoms with Crippen molar-refractivity contribution in [2.45, 2.75) is 19.6 Å². The van der Waals surface area contributed by atoms with E-state index in [0.717, 1.165) is 43.5 Å². The number of rotatable bonds is 8. The normalized spacial score (nSPS) is 17.9. The molecule has 8 heteroatoms. The summed E-state index contributed by atoms with van der Waals surface area (Å²) in [6, 6.07) is 6.22. The Hall–Kier alpha value is -1.10. The molecule has 7 nitrogen and oxygen atoms in total. The van der Waals surface area contributed by atoms with Crippen LogP contribution in [0.3, 0.4) is 0 Å². The zero-order valence-corrected chi connectivity index (χ0v) is 19.1. The Morgan fingerprint density at radius 2 is 2.15 bits per heavy atom. The highest BCUT2D eigenvalue weighted by Gasteiger charge is 2.17. The van der Waals surface area contributed by atoms with E-state index >= 15 is 0 Å². The lowest BCUT2D eigenvalue weighted by molar-refractivity contribution is -0.0161. The molecule has 0 radical (unpaired) electrons. The molecule has 154 valence electrons. The Kier molecular flexibility index (Phi) is 11.7. The van der Waals surface area contributed by atoms with E-state index in [1.54, 1.807) is 14.2 Å². The number of nitrogens with one attached hydrogen (secondary N) is 2. The average Bonchev–Trinajstić information content (AvgIpc) is 2.63. The molecular formula is C19H33IN4O3. The molecule has 1 aromatic carbocycles. The summed E-state index contributed by atoms with van der Waals surface area (Å²) < 4.78 is 16.7. The van der Waals surface area contributed by atoms with E-state index in [0.29, 0.717) is 19.8 Å². The highest BCUT2D eigenvalue weighted by atomic mass is 127. The zero-order chi connectivity index (χ0) is 18.8. The lowest BCUT2D eigenvalue weighted by atomic mass is 10.1. The molecule has 0 amide bonds. The van der Waals surface area contributed by atoms with Crippen molar-refractivity contribution in [3.05, 3.63) is 29.3 Å². The van der Waals surface area contributed by atoms with Gasteiger partial charge in [0.2, 0.25) is 0 Å². The Morgan fingerprint density at radius 1 is 1.33 bits per heavy atom. The Balaban J connectivity index is 0.00000364. The number of guanidine groups is 1. The molecule has 2 rings (SSSR count). The van der Waals surface area contributed by atoms with Crippen molar-refractivity contribution in [2.24, 2.45) is 4.99 Å². The van der Waals surface area contributed by atoms with Crippen molar-refractivity contribution in [3.8, 4) is 5.75 Å². The molecule has 1 unspecified atom stereocenters. The first-order valence-electron chi connectivity index (χ1n) is 9.08. The summed E-state index contributed by atoms with van der Waals surface area (Å²) in [6.45, 7) is 7.22. The van der Waals surface area contributed by atoms with Gasteiger partial charge in [-0.05, 0) is 25.6 Å². The monoisotopic (exact) mass is 492 g/mol. The molecule has 1 fully saturated rings. The van der Waals surface area contributed by atoms with E-state index in [1.807, 2.05) is 0 Å². The number of aliphatic imine (C=N–C) groups is 1. The standard InChI is InChI=1S/C19H32N4O3.HI/c1-15-5-6-16(18(11-15)26-10-9-24-4)12-21-19(20-2)22-13-17-14-23(3)7-8-25-17;/h5-6,11,17H,7-10,12-14H2,1-4H3,(H2,20,21,22);1H. The lowest BCUT2D eigenvalue weighted by Gasteiger charge is -2.30. The predicted molar refractivity (Wildman–Crippen MR) is 119 cm³/mol. The number of hydrogen-bond donors (Lipinski definition) is 2. The molecule has 0 aromatic heterocycles. The summed E-state index contributed by atoms with van der Waals surface area (Å²) in [5, 5.41) is 6.68. The van der Waals surface area contributed by atoms with Gasteiger partial charge in [0.1, 0.15) is 12.4 Å². The van der Waals surface area contributed by atoms with Gasteiger partial charge in [0, 0.05) is 45.9 Å². The predicted octanol–water partition coefficient (Wildman–Crippen LogP) is 1.63. The molecule has 1 atom stereocenters. The summed E-state index contributed by atoms with van der Waals surface area (Å²) in [5.74, 6) is 1.63. The van der Waals surface area contributed by atoms with Crippen LogP contribution in [0.2, 0.25) is 0 Å². The van der Waals surface area contributed by atoms with Crippen molar-refractivity contribution < 1.29 is 14.2 Å². The Bertz CT molecular complexity index is 586. The summed E-state index contributed by atoms with van der Waals surface area (Å²) in [7, 11) is 5.56. The van der Waals surface area contributed by atoms with Gasteiger partial charge in [-0.25, -0.2) is 0 Å². The van der Waals surface area contributed by atoms with Crippen LogP contribution in [0.4, 0.5) is 0 Å². The number of benzene rings is 1.